The number of nitrogens with one attached hydrogen (secondary N) is 3. The van der Waals surface area contributed by atoms with Crippen LogP contribution in [0, 0.1) is 5.92 Å². The van der Waals surface area contributed by atoms with Gasteiger partial charge in [0.05, 0.1) is 13.7 Å². The highest BCUT2D eigenvalue weighted by Gasteiger charge is 2.28. The Hall–Kier alpha value is -2.44. The summed E-state index contributed by atoms with van der Waals surface area (Å²) in [6.07, 6.45) is 2.01. The number of phenolic OH excluding ortho intramolecular Hbond substituents is 1. The second kappa shape index (κ2) is 9.00. The fraction of sp³-hybridized carbons (Fsp3) is 0.529. The van der Waals surface area contributed by atoms with Crippen molar-refractivity contribution in [3.05, 3.63) is 23.8 Å². The van der Waals surface area contributed by atoms with Crippen LogP contribution in [0.2, 0.25) is 0 Å². The molecule has 1 amide bonds. The molecule has 0 unspecified atom stereocenters. The lowest BCUT2D eigenvalue weighted by Crippen LogP contribution is -2.41. The van der Waals surface area contributed by atoms with Crippen molar-refractivity contribution in [2.24, 2.45) is 10.9 Å². The zero-order chi connectivity index (χ0) is 17.4. The van der Waals surface area contributed by atoms with E-state index < -0.39 is 0 Å². The van der Waals surface area contributed by atoms with Crippen LogP contribution in [-0.4, -0.2) is 43.7 Å². The van der Waals surface area contributed by atoms with Crippen LogP contribution in [0.15, 0.2) is 23.2 Å². The number of amides is 1. The number of rotatable bonds is 8. The first kappa shape index (κ1) is 17.9. The molecule has 0 heterocycles. The Morgan fingerprint density at radius 1 is 1.29 bits per heavy atom. The van der Waals surface area contributed by atoms with Crippen molar-refractivity contribution >= 4 is 11.9 Å². The molecular formula is C17H26N4O3. The first-order chi connectivity index (χ1) is 11.6. The number of hydrogen-bond acceptors (Lipinski definition) is 4. The van der Waals surface area contributed by atoms with Crippen LogP contribution in [0.4, 0.5) is 0 Å². The molecule has 1 saturated carbocycles. The van der Waals surface area contributed by atoms with E-state index in [1.165, 1.54) is 0 Å². The highest BCUT2D eigenvalue weighted by molar-refractivity contribution is 5.81. The molecule has 1 aromatic carbocycles. The minimum absolute atomic E-state index is 0.139. The van der Waals surface area contributed by atoms with Crippen LogP contribution in [0.25, 0.3) is 0 Å². The number of hydrogen-bond donors (Lipinski definition) is 4. The van der Waals surface area contributed by atoms with Gasteiger partial charge in [-0.3, -0.25) is 4.79 Å². The van der Waals surface area contributed by atoms with Crippen molar-refractivity contribution in [2.75, 3.05) is 26.7 Å². The van der Waals surface area contributed by atoms with E-state index in [9.17, 15) is 9.90 Å². The topological polar surface area (TPSA) is 95.0 Å². The van der Waals surface area contributed by atoms with Crippen LogP contribution in [0.1, 0.15) is 25.3 Å². The average molecular weight is 334 g/mol. The van der Waals surface area contributed by atoms with E-state index in [1.54, 1.807) is 25.3 Å². The number of aliphatic imine (C=N–C) groups is 1. The van der Waals surface area contributed by atoms with Crippen molar-refractivity contribution in [3.8, 4) is 11.5 Å². The quantitative estimate of drug-likeness (QED) is 0.323. The Morgan fingerprint density at radius 3 is 2.71 bits per heavy atom. The minimum Gasteiger partial charge on any atom is -0.508 e. The molecule has 1 fully saturated rings. The van der Waals surface area contributed by atoms with Crippen LogP contribution < -0.4 is 20.7 Å². The van der Waals surface area contributed by atoms with E-state index >= 15 is 0 Å². The van der Waals surface area contributed by atoms with Gasteiger partial charge in [-0.2, -0.15) is 0 Å². The van der Waals surface area contributed by atoms with Gasteiger partial charge in [0.15, 0.2) is 5.96 Å². The smallest absolute Gasteiger partial charge is 0.223 e. The lowest BCUT2D eigenvalue weighted by atomic mass is 10.2. The molecule has 0 radical (unpaired) electrons. The van der Waals surface area contributed by atoms with Crippen molar-refractivity contribution in [2.45, 2.75) is 26.3 Å². The molecule has 7 nitrogen and oxygen atoms in total. The zero-order valence-electron chi connectivity index (χ0n) is 14.3. The molecule has 132 valence electrons. The predicted molar refractivity (Wildman–Crippen MR) is 93.2 cm³/mol. The molecule has 24 heavy (non-hydrogen) atoms. The lowest BCUT2D eigenvalue weighted by Gasteiger charge is -2.12. The third-order valence-corrected chi connectivity index (χ3v) is 3.70. The van der Waals surface area contributed by atoms with Gasteiger partial charge in [-0.1, -0.05) is 0 Å². The van der Waals surface area contributed by atoms with Crippen molar-refractivity contribution in [1.82, 2.24) is 16.0 Å². The Kier molecular flexibility index (Phi) is 6.72. The minimum atomic E-state index is 0.139. The van der Waals surface area contributed by atoms with Crippen LogP contribution in [0.5, 0.6) is 11.5 Å². The summed E-state index contributed by atoms with van der Waals surface area (Å²) in [4.78, 5) is 16.0. The molecule has 7 heteroatoms. The number of benzene rings is 1. The van der Waals surface area contributed by atoms with E-state index in [0.717, 1.165) is 19.4 Å². The van der Waals surface area contributed by atoms with Crippen molar-refractivity contribution < 1.29 is 14.6 Å². The molecule has 0 atom stereocenters. The fourth-order valence-electron chi connectivity index (χ4n) is 2.18. The molecule has 2 rings (SSSR count). The van der Waals surface area contributed by atoms with Crippen molar-refractivity contribution in [1.29, 1.82) is 0 Å². The highest BCUT2D eigenvalue weighted by Crippen LogP contribution is 2.28. The monoisotopic (exact) mass is 334 g/mol. The summed E-state index contributed by atoms with van der Waals surface area (Å²) in [5.74, 6) is 1.87. The van der Waals surface area contributed by atoms with Gasteiger partial charge in [0.1, 0.15) is 11.5 Å². The number of nitrogens with zero attached hydrogens (tertiary/aromatic N) is 1. The van der Waals surface area contributed by atoms with Gasteiger partial charge in [-0.25, -0.2) is 4.99 Å². The molecule has 1 aliphatic carbocycles. The lowest BCUT2D eigenvalue weighted by molar-refractivity contribution is -0.122. The second-order valence-electron chi connectivity index (χ2n) is 5.68. The summed E-state index contributed by atoms with van der Waals surface area (Å²) in [5, 5.41) is 19.1. The van der Waals surface area contributed by atoms with Gasteiger partial charge in [-0.15, -0.1) is 0 Å². The van der Waals surface area contributed by atoms with E-state index in [4.69, 9.17) is 4.74 Å². The predicted octanol–water partition coefficient (Wildman–Crippen LogP) is 0.982. The number of guanidine groups is 1. The van der Waals surface area contributed by atoms with Gasteiger partial charge in [0.25, 0.3) is 0 Å². The molecule has 4 N–H and O–H groups in total. The molecule has 1 aliphatic rings. The highest BCUT2D eigenvalue weighted by atomic mass is 16.5. The number of methoxy groups -OCH3 is 1. The molecular weight excluding hydrogens is 308 g/mol. The van der Waals surface area contributed by atoms with E-state index in [-0.39, 0.29) is 17.6 Å². The normalized spacial score (nSPS) is 14.2. The molecule has 0 saturated heterocycles. The molecule has 0 aromatic heterocycles. The van der Waals surface area contributed by atoms with Crippen LogP contribution in [-0.2, 0) is 11.3 Å². The van der Waals surface area contributed by atoms with E-state index in [2.05, 4.69) is 20.9 Å². The number of phenols is 1. The summed E-state index contributed by atoms with van der Waals surface area (Å²) in [7, 11) is 1.58. The number of ether oxygens (including phenoxy) is 1. The average Bonchev–Trinajstić information content (AvgIpc) is 3.42. The van der Waals surface area contributed by atoms with Crippen LogP contribution in [0.3, 0.4) is 0 Å². The third-order valence-electron chi connectivity index (χ3n) is 3.70. The summed E-state index contributed by atoms with van der Waals surface area (Å²) in [6, 6.07) is 5.06. The molecule has 1 aromatic rings. The SMILES string of the molecule is CCNC(=NCc1cc(OC)ccc1O)NCCNC(=O)C1CC1. The molecule has 0 bridgehead atoms. The van der Waals surface area contributed by atoms with Gasteiger partial charge in [0, 0.05) is 31.1 Å². The number of carbonyl (C=O) groups excluding carboxylic acids is 1. The first-order valence-electron chi connectivity index (χ1n) is 8.29. The Labute approximate surface area is 142 Å². The fourth-order valence-corrected chi connectivity index (χ4v) is 2.18. The summed E-state index contributed by atoms with van der Waals surface area (Å²) in [6.45, 7) is 4.19. The van der Waals surface area contributed by atoms with Gasteiger partial charge in [-0.05, 0) is 38.0 Å². The van der Waals surface area contributed by atoms with E-state index in [1.807, 2.05) is 6.92 Å². The third kappa shape index (κ3) is 5.64. The maximum Gasteiger partial charge on any atom is 0.223 e. The zero-order valence-corrected chi connectivity index (χ0v) is 14.3. The van der Waals surface area contributed by atoms with E-state index in [0.29, 0.717) is 36.9 Å². The molecule has 0 spiro atoms. The molecule has 0 aliphatic heterocycles. The number of aromatic hydroxyl groups is 1. The first-order valence-corrected chi connectivity index (χ1v) is 8.29. The Morgan fingerprint density at radius 2 is 2.04 bits per heavy atom. The van der Waals surface area contributed by atoms with Crippen molar-refractivity contribution in [3.63, 3.8) is 0 Å². The van der Waals surface area contributed by atoms with Crippen LogP contribution >= 0.6 is 0 Å². The summed E-state index contributed by atoms with van der Waals surface area (Å²) >= 11 is 0. The largest absolute Gasteiger partial charge is 0.508 e. The van der Waals surface area contributed by atoms with Gasteiger partial charge >= 0.3 is 0 Å². The van der Waals surface area contributed by atoms with Gasteiger partial charge < -0.3 is 25.8 Å². The Balaban J connectivity index is 1.84. The summed E-state index contributed by atoms with van der Waals surface area (Å²) in [5.41, 5.74) is 0.689. The van der Waals surface area contributed by atoms with Gasteiger partial charge in [0.2, 0.25) is 5.91 Å². The maximum absolute atomic E-state index is 11.6. The Bertz CT molecular complexity index is 585. The maximum atomic E-state index is 11.6. The number of carbonyl (C=O) groups is 1. The second-order valence-corrected chi connectivity index (χ2v) is 5.68. The standard InChI is InChI=1S/C17H26N4O3/c1-3-18-17(20-9-8-19-16(23)12-4-5-12)21-11-13-10-14(24-2)6-7-15(13)22/h6-7,10,12,22H,3-5,8-9,11H2,1-2H3,(H,19,23)(H2,18,20,21). The summed E-state index contributed by atoms with van der Waals surface area (Å²) < 4.78 is 5.16.